The van der Waals surface area contributed by atoms with Gasteiger partial charge < -0.3 is 0 Å². The predicted octanol–water partition coefficient (Wildman–Crippen LogP) is 2.12. The summed E-state index contributed by atoms with van der Waals surface area (Å²) in [5.74, 6) is 0.441. The molecular weight excluding hydrogens is 304 g/mol. The van der Waals surface area contributed by atoms with Crippen LogP contribution >= 0.6 is 15.9 Å². The summed E-state index contributed by atoms with van der Waals surface area (Å²) in [5.41, 5.74) is 0. The van der Waals surface area contributed by atoms with Crippen molar-refractivity contribution in [3.05, 3.63) is 0 Å². The summed E-state index contributed by atoms with van der Waals surface area (Å²) in [6, 6.07) is 0. The molecule has 0 aromatic carbocycles. The van der Waals surface area contributed by atoms with Crippen LogP contribution in [0.3, 0.4) is 0 Å². The van der Waals surface area contributed by atoms with E-state index in [9.17, 15) is 8.42 Å². The van der Waals surface area contributed by atoms with E-state index in [0.717, 1.165) is 37.4 Å². The highest BCUT2D eigenvalue weighted by Gasteiger charge is 2.25. The molecule has 0 amide bonds. The van der Waals surface area contributed by atoms with Crippen molar-refractivity contribution >= 4 is 26.1 Å². The van der Waals surface area contributed by atoms with Crippen LogP contribution in [0.5, 0.6) is 0 Å². The summed E-state index contributed by atoms with van der Waals surface area (Å²) in [4.78, 5) is 0. The molecule has 0 bridgehead atoms. The van der Waals surface area contributed by atoms with E-state index < -0.39 is 10.2 Å². The zero-order valence-corrected chi connectivity index (χ0v) is 12.9. The van der Waals surface area contributed by atoms with Gasteiger partial charge in [-0.1, -0.05) is 29.3 Å². The molecule has 102 valence electrons. The van der Waals surface area contributed by atoms with Gasteiger partial charge in [-0.15, -0.1) is 0 Å². The molecule has 0 radical (unpaired) electrons. The number of alkyl halides is 1. The summed E-state index contributed by atoms with van der Waals surface area (Å²) in [7, 11) is -3.22. The molecule has 17 heavy (non-hydrogen) atoms. The standard InChI is InChI=1S/C11H23BrN2O2S/c1-2-5-11(6-7-12)10-13-17(15,16)14-8-3-4-9-14/h11,13H,2-10H2,1H3. The molecule has 4 nitrogen and oxygen atoms in total. The Kier molecular flexibility index (Phi) is 6.99. The predicted molar refractivity (Wildman–Crippen MR) is 74.5 cm³/mol. The van der Waals surface area contributed by atoms with E-state index in [1.807, 2.05) is 0 Å². The Bertz CT molecular complexity index is 297. The van der Waals surface area contributed by atoms with Gasteiger partial charge in [0.15, 0.2) is 0 Å². The van der Waals surface area contributed by atoms with Crippen LogP contribution in [-0.4, -0.2) is 37.7 Å². The topological polar surface area (TPSA) is 49.4 Å². The van der Waals surface area contributed by atoms with E-state index in [0.29, 0.717) is 25.6 Å². The zero-order chi connectivity index (χ0) is 12.7. The minimum absolute atomic E-state index is 0.441. The SMILES string of the molecule is CCCC(CCBr)CNS(=O)(=O)N1CCCC1. The molecule has 0 spiro atoms. The van der Waals surface area contributed by atoms with Gasteiger partial charge in [-0.05, 0) is 31.6 Å². The van der Waals surface area contributed by atoms with Gasteiger partial charge in [-0.2, -0.15) is 12.7 Å². The molecule has 1 rings (SSSR count). The first-order valence-corrected chi connectivity index (χ1v) is 8.97. The maximum atomic E-state index is 11.9. The summed E-state index contributed by atoms with van der Waals surface area (Å²) < 4.78 is 28.2. The van der Waals surface area contributed by atoms with E-state index in [1.54, 1.807) is 4.31 Å². The summed E-state index contributed by atoms with van der Waals surface area (Å²) >= 11 is 3.42. The van der Waals surface area contributed by atoms with Gasteiger partial charge >= 0.3 is 0 Å². The third-order valence-electron chi connectivity index (χ3n) is 3.17. The number of rotatable bonds is 8. The monoisotopic (exact) mass is 326 g/mol. The van der Waals surface area contributed by atoms with Gasteiger partial charge in [0, 0.05) is 25.0 Å². The van der Waals surface area contributed by atoms with Crippen molar-refractivity contribution in [1.82, 2.24) is 9.03 Å². The normalized spacial score (nSPS) is 19.6. The summed E-state index contributed by atoms with van der Waals surface area (Å²) in [6.07, 6.45) is 5.18. The molecule has 1 heterocycles. The molecule has 1 atom stereocenters. The maximum absolute atomic E-state index is 11.9. The Balaban J connectivity index is 2.40. The lowest BCUT2D eigenvalue weighted by Crippen LogP contribution is -2.41. The number of nitrogens with zero attached hydrogens (tertiary/aromatic N) is 1. The van der Waals surface area contributed by atoms with Gasteiger partial charge in [-0.3, -0.25) is 0 Å². The Morgan fingerprint density at radius 2 is 1.94 bits per heavy atom. The third kappa shape index (κ3) is 5.24. The first kappa shape index (κ1) is 15.4. The van der Waals surface area contributed by atoms with Crippen molar-refractivity contribution in [2.24, 2.45) is 5.92 Å². The second-order valence-electron chi connectivity index (χ2n) is 4.59. The minimum atomic E-state index is -3.22. The highest BCUT2D eigenvalue weighted by molar-refractivity contribution is 9.09. The lowest BCUT2D eigenvalue weighted by molar-refractivity contribution is 0.430. The molecule has 0 aromatic heterocycles. The van der Waals surface area contributed by atoms with Gasteiger partial charge in [0.1, 0.15) is 0 Å². The number of halogens is 1. The van der Waals surface area contributed by atoms with Crippen LogP contribution in [0.2, 0.25) is 0 Å². The fraction of sp³-hybridized carbons (Fsp3) is 1.00. The first-order chi connectivity index (χ1) is 8.10. The molecule has 0 aromatic rings. The van der Waals surface area contributed by atoms with Gasteiger partial charge in [0.05, 0.1) is 0 Å². The Morgan fingerprint density at radius 1 is 1.29 bits per heavy atom. The van der Waals surface area contributed by atoms with E-state index in [1.165, 1.54) is 0 Å². The smallest absolute Gasteiger partial charge is 0.202 e. The van der Waals surface area contributed by atoms with E-state index in [4.69, 9.17) is 0 Å². The second kappa shape index (κ2) is 7.71. The van der Waals surface area contributed by atoms with E-state index in [-0.39, 0.29) is 0 Å². The lowest BCUT2D eigenvalue weighted by atomic mass is 10.0. The van der Waals surface area contributed by atoms with Crippen LogP contribution in [0.25, 0.3) is 0 Å². The van der Waals surface area contributed by atoms with Crippen LogP contribution in [0.4, 0.5) is 0 Å². The lowest BCUT2D eigenvalue weighted by Gasteiger charge is -2.20. The van der Waals surface area contributed by atoms with Gasteiger partial charge in [0.2, 0.25) is 0 Å². The van der Waals surface area contributed by atoms with Crippen molar-refractivity contribution in [3.63, 3.8) is 0 Å². The largest absolute Gasteiger partial charge is 0.279 e. The molecule has 0 aliphatic carbocycles. The second-order valence-corrected chi connectivity index (χ2v) is 7.14. The third-order valence-corrected chi connectivity index (χ3v) is 5.21. The van der Waals surface area contributed by atoms with Crippen molar-refractivity contribution in [2.75, 3.05) is 25.0 Å². The van der Waals surface area contributed by atoms with Gasteiger partial charge in [0.25, 0.3) is 10.2 Å². The summed E-state index contributed by atoms with van der Waals surface area (Å²) in [5, 5.41) is 0.934. The Hall–Kier alpha value is 0.350. The number of nitrogens with one attached hydrogen (secondary N) is 1. The molecule has 1 fully saturated rings. The fourth-order valence-corrected chi connectivity index (χ4v) is 4.17. The number of hydrogen-bond acceptors (Lipinski definition) is 2. The average Bonchev–Trinajstić information content (AvgIpc) is 2.81. The Labute approximate surface area is 113 Å². The molecule has 1 aliphatic heterocycles. The molecule has 1 N–H and O–H groups in total. The summed E-state index contributed by atoms with van der Waals surface area (Å²) in [6.45, 7) is 4.05. The van der Waals surface area contributed by atoms with E-state index in [2.05, 4.69) is 27.6 Å². The van der Waals surface area contributed by atoms with E-state index >= 15 is 0 Å². The van der Waals surface area contributed by atoms with Crippen LogP contribution in [0.1, 0.15) is 39.0 Å². The molecule has 1 aliphatic rings. The maximum Gasteiger partial charge on any atom is 0.279 e. The highest BCUT2D eigenvalue weighted by Crippen LogP contribution is 2.14. The molecular formula is C11H23BrN2O2S. The average molecular weight is 327 g/mol. The van der Waals surface area contributed by atoms with Crippen molar-refractivity contribution in [2.45, 2.75) is 39.0 Å². The van der Waals surface area contributed by atoms with Crippen molar-refractivity contribution < 1.29 is 8.42 Å². The number of hydrogen-bond donors (Lipinski definition) is 1. The van der Waals surface area contributed by atoms with Crippen molar-refractivity contribution in [3.8, 4) is 0 Å². The van der Waals surface area contributed by atoms with Crippen LogP contribution in [-0.2, 0) is 10.2 Å². The zero-order valence-electron chi connectivity index (χ0n) is 10.5. The van der Waals surface area contributed by atoms with Crippen molar-refractivity contribution in [1.29, 1.82) is 0 Å². The molecule has 1 saturated heterocycles. The highest BCUT2D eigenvalue weighted by atomic mass is 79.9. The molecule has 1 unspecified atom stereocenters. The quantitative estimate of drug-likeness (QED) is 0.694. The first-order valence-electron chi connectivity index (χ1n) is 6.41. The Morgan fingerprint density at radius 3 is 2.47 bits per heavy atom. The molecule has 0 saturated carbocycles. The van der Waals surface area contributed by atoms with Crippen LogP contribution in [0.15, 0.2) is 0 Å². The molecule has 6 heteroatoms. The van der Waals surface area contributed by atoms with Crippen LogP contribution < -0.4 is 4.72 Å². The van der Waals surface area contributed by atoms with Gasteiger partial charge in [-0.25, -0.2) is 4.72 Å². The van der Waals surface area contributed by atoms with Crippen LogP contribution in [0, 0.1) is 5.92 Å². The minimum Gasteiger partial charge on any atom is -0.202 e. The fourth-order valence-electron chi connectivity index (χ4n) is 2.15.